The number of hydrogen-bond acceptors (Lipinski definition) is 5. The number of benzene rings is 1. The SMILES string of the molecule is CC1CCN(S(=O)(=O)Cc2ccccc2CNC(=O)c2ccc(C#N)s2)CC1. The highest BCUT2D eigenvalue weighted by Gasteiger charge is 2.27. The fourth-order valence-electron chi connectivity index (χ4n) is 3.20. The standard InChI is InChI=1S/C20H23N3O3S2/c1-15-8-10-23(11-9-15)28(25,26)14-17-5-3-2-4-16(17)13-22-20(24)19-7-6-18(12-21)27-19/h2-7,15H,8-11,13-14H2,1H3,(H,22,24). The average Bonchev–Trinajstić information content (AvgIpc) is 3.16. The topological polar surface area (TPSA) is 90.3 Å². The van der Waals surface area contributed by atoms with Gasteiger partial charge in [-0.05, 0) is 42.0 Å². The molecular formula is C20H23N3O3S2. The van der Waals surface area contributed by atoms with Crippen LogP contribution in [0.2, 0.25) is 0 Å². The summed E-state index contributed by atoms with van der Waals surface area (Å²) in [5, 5.41) is 11.7. The van der Waals surface area contributed by atoms with Crippen molar-refractivity contribution in [1.82, 2.24) is 9.62 Å². The third-order valence-corrected chi connectivity index (χ3v) is 7.79. The molecule has 0 aliphatic carbocycles. The first-order valence-electron chi connectivity index (χ1n) is 9.22. The zero-order chi connectivity index (χ0) is 20.1. The molecule has 0 atom stereocenters. The Labute approximate surface area is 169 Å². The minimum Gasteiger partial charge on any atom is -0.347 e. The van der Waals surface area contributed by atoms with Gasteiger partial charge < -0.3 is 5.32 Å². The van der Waals surface area contributed by atoms with E-state index >= 15 is 0 Å². The number of thiophene rings is 1. The highest BCUT2D eigenvalue weighted by atomic mass is 32.2. The number of nitrogens with zero attached hydrogens (tertiary/aromatic N) is 2. The van der Waals surface area contributed by atoms with Gasteiger partial charge in [0.2, 0.25) is 10.0 Å². The Morgan fingerprint density at radius 3 is 2.54 bits per heavy atom. The van der Waals surface area contributed by atoms with Crippen LogP contribution in [0, 0.1) is 17.2 Å². The van der Waals surface area contributed by atoms with Crippen LogP contribution < -0.4 is 5.32 Å². The zero-order valence-corrected chi connectivity index (χ0v) is 17.4. The molecule has 1 aromatic carbocycles. The molecule has 0 unspecified atom stereocenters. The molecular weight excluding hydrogens is 394 g/mol. The molecule has 0 radical (unpaired) electrons. The molecule has 2 heterocycles. The molecule has 1 amide bonds. The second-order valence-electron chi connectivity index (χ2n) is 7.06. The first-order valence-corrected chi connectivity index (χ1v) is 11.6. The predicted octanol–water partition coefficient (Wildman–Crippen LogP) is 3.11. The minimum absolute atomic E-state index is 0.0645. The van der Waals surface area contributed by atoms with Gasteiger partial charge in [-0.3, -0.25) is 4.79 Å². The van der Waals surface area contributed by atoms with E-state index in [0.717, 1.165) is 29.7 Å². The number of piperidine rings is 1. The van der Waals surface area contributed by atoms with Crippen LogP contribution in [0.1, 0.15) is 45.4 Å². The van der Waals surface area contributed by atoms with Crippen molar-refractivity contribution in [3.05, 3.63) is 57.3 Å². The molecule has 8 heteroatoms. The number of hydrogen-bond donors (Lipinski definition) is 1. The van der Waals surface area contributed by atoms with Gasteiger partial charge in [0.05, 0.1) is 10.6 Å². The Morgan fingerprint density at radius 2 is 1.89 bits per heavy atom. The van der Waals surface area contributed by atoms with Crippen molar-refractivity contribution < 1.29 is 13.2 Å². The van der Waals surface area contributed by atoms with Crippen molar-refractivity contribution in [2.24, 2.45) is 5.92 Å². The lowest BCUT2D eigenvalue weighted by molar-refractivity contribution is 0.0955. The number of carbonyl (C=O) groups is 1. The van der Waals surface area contributed by atoms with Crippen LogP contribution in [-0.4, -0.2) is 31.7 Å². The number of nitriles is 1. The third-order valence-electron chi connectivity index (χ3n) is 4.97. The fraction of sp³-hybridized carbons (Fsp3) is 0.400. The summed E-state index contributed by atoms with van der Waals surface area (Å²) in [5.41, 5.74) is 1.48. The predicted molar refractivity (Wildman–Crippen MR) is 109 cm³/mol. The summed E-state index contributed by atoms with van der Waals surface area (Å²) in [6.45, 7) is 3.53. The van der Waals surface area contributed by atoms with E-state index in [9.17, 15) is 13.2 Å². The van der Waals surface area contributed by atoms with Crippen molar-refractivity contribution in [2.75, 3.05) is 13.1 Å². The van der Waals surface area contributed by atoms with Gasteiger partial charge >= 0.3 is 0 Å². The number of rotatable bonds is 6. The Balaban J connectivity index is 1.67. The van der Waals surface area contributed by atoms with Gasteiger partial charge in [0.15, 0.2) is 0 Å². The van der Waals surface area contributed by atoms with Gasteiger partial charge in [0, 0.05) is 19.6 Å². The summed E-state index contributed by atoms with van der Waals surface area (Å²) in [6.07, 6.45) is 1.78. The van der Waals surface area contributed by atoms with E-state index in [4.69, 9.17) is 5.26 Å². The van der Waals surface area contributed by atoms with Crippen LogP contribution in [0.4, 0.5) is 0 Å². The smallest absolute Gasteiger partial charge is 0.261 e. The van der Waals surface area contributed by atoms with Gasteiger partial charge in [-0.1, -0.05) is 31.2 Å². The maximum Gasteiger partial charge on any atom is 0.261 e. The molecule has 28 heavy (non-hydrogen) atoms. The van der Waals surface area contributed by atoms with Crippen LogP contribution in [0.3, 0.4) is 0 Å². The third kappa shape index (κ3) is 4.98. The van der Waals surface area contributed by atoms with Crippen LogP contribution in [0.15, 0.2) is 36.4 Å². The lowest BCUT2D eigenvalue weighted by Crippen LogP contribution is -2.38. The quantitative estimate of drug-likeness (QED) is 0.782. The van der Waals surface area contributed by atoms with Crippen molar-refractivity contribution in [2.45, 2.75) is 32.1 Å². The molecule has 1 aromatic heterocycles. The Hall–Kier alpha value is -2.21. The van der Waals surface area contributed by atoms with E-state index in [1.54, 1.807) is 22.5 Å². The molecule has 0 spiro atoms. The largest absolute Gasteiger partial charge is 0.347 e. The fourth-order valence-corrected chi connectivity index (χ4v) is 5.55. The Morgan fingerprint density at radius 1 is 1.21 bits per heavy atom. The van der Waals surface area contributed by atoms with Crippen molar-refractivity contribution in [3.8, 4) is 6.07 Å². The zero-order valence-electron chi connectivity index (χ0n) is 15.7. The maximum atomic E-state index is 12.8. The first kappa shape index (κ1) is 20.5. The molecule has 1 saturated heterocycles. The number of amides is 1. The van der Waals surface area contributed by atoms with E-state index in [1.165, 1.54) is 0 Å². The second kappa shape index (κ2) is 8.86. The minimum atomic E-state index is -3.39. The first-order chi connectivity index (χ1) is 13.4. The summed E-state index contributed by atoms with van der Waals surface area (Å²) in [7, 11) is -3.39. The van der Waals surface area contributed by atoms with Crippen molar-refractivity contribution in [3.63, 3.8) is 0 Å². The molecule has 1 fully saturated rings. The second-order valence-corrected chi connectivity index (χ2v) is 10.1. The van der Waals surface area contributed by atoms with Crippen LogP contribution in [0.25, 0.3) is 0 Å². The van der Waals surface area contributed by atoms with Gasteiger partial charge in [-0.2, -0.15) is 5.26 Å². The molecule has 148 valence electrons. The van der Waals surface area contributed by atoms with Crippen molar-refractivity contribution in [1.29, 1.82) is 5.26 Å². The highest BCUT2D eigenvalue weighted by molar-refractivity contribution is 7.88. The monoisotopic (exact) mass is 417 g/mol. The average molecular weight is 418 g/mol. The Kier molecular flexibility index (Phi) is 6.50. The van der Waals surface area contributed by atoms with Crippen LogP contribution in [-0.2, 0) is 22.3 Å². The van der Waals surface area contributed by atoms with Gasteiger partial charge in [-0.15, -0.1) is 11.3 Å². The van der Waals surface area contributed by atoms with E-state index in [0.29, 0.717) is 34.3 Å². The molecule has 3 rings (SSSR count). The lowest BCUT2D eigenvalue weighted by atomic mass is 10.0. The van der Waals surface area contributed by atoms with Gasteiger partial charge in [0.1, 0.15) is 10.9 Å². The maximum absolute atomic E-state index is 12.8. The molecule has 1 aliphatic rings. The molecule has 6 nitrogen and oxygen atoms in total. The van der Waals surface area contributed by atoms with E-state index in [1.807, 2.05) is 24.3 Å². The number of sulfonamides is 1. The summed E-state index contributed by atoms with van der Waals surface area (Å²) in [6, 6.07) is 12.5. The van der Waals surface area contributed by atoms with E-state index in [-0.39, 0.29) is 18.2 Å². The molecule has 0 saturated carbocycles. The summed E-state index contributed by atoms with van der Waals surface area (Å²) in [4.78, 5) is 13.2. The lowest BCUT2D eigenvalue weighted by Gasteiger charge is -2.29. The number of nitrogens with one attached hydrogen (secondary N) is 1. The summed E-state index contributed by atoms with van der Waals surface area (Å²) >= 11 is 1.13. The number of carbonyl (C=O) groups excluding carboxylic acids is 1. The molecule has 1 aliphatic heterocycles. The molecule has 0 bridgehead atoms. The highest BCUT2D eigenvalue weighted by Crippen LogP contribution is 2.22. The van der Waals surface area contributed by atoms with Crippen LogP contribution in [0.5, 0.6) is 0 Å². The van der Waals surface area contributed by atoms with E-state index < -0.39 is 10.0 Å². The Bertz CT molecular complexity index is 984. The summed E-state index contributed by atoms with van der Waals surface area (Å²) < 4.78 is 27.2. The molecule has 2 aromatic rings. The van der Waals surface area contributed by atoms with E-state index in [2.05, 4.69) is 12.2 Å². The van der Waals surface area contributed by atoms with Crippen LogP contribution >= 0.6 is 11.3 Å². The van der Waals surface area contributed by atoms with Gasteiger partial charge in [-0.25, -0.2) is 12.7 Å². The normalized spacial score (nSPS) is 15.9. The van der Waals surface area contributed by atoms with Gasteiger partial charge in [0.25, 0.3) is 5.91 Å². The van der Waals surface area contributed by atoms with Crippen molar-refractivity contribution >= 4 is 27.3 Å². The molecule has 1 N–H and O–H groups in total. The summed E-state index contributed by atoms with van der Waals surface area (Å²) in [5.74, 6) is 0.229.